The minimum atomic E-state index is 0.639. The number of hydrogen-bond donors (Lipinski definition) is 0. The minimum absolute atomic E-state index is 0.639. The SMILES string of the molecule is Cc1cccc(Cn2cccc2CN(Cc2ccc(Br)cc2)CC(C)C)c1. The molecule has 1 aromatic heterocycles. The average molecular weight is 425 g/mol. The lowest BCUT2D eigenvalue weighted by Crippen LogP contribution is -2.28. The highest BCUT2D eigenvalue weighted by Gasteiger charge is 2.12. The number of rotatable bonds is 8. The third-order valence-electron chi connectivity index (χ3n) is 4.69. The van der Waals surface area contributed by atoms with Gasteiger partial charge < -0.3 is 4.57 Å². The summed E-state index contributed by atoms with van der Waals surface area (Å²) in [5.41, 5.74) is 5.40. The second kappa shape index (κ2) is 9.38. The van der Waals surface area contributed by atoms with Crippen LogP contribution in [0.1, 0.15) is 36.2 Å². The molecule has 0 saturated heterocycles. The summed E-state index contributed by atoms with van der Waals surface area (Å²) >= 11 is 3.53. The van der Waals surface area contributed by atoms with Gasteiger partial charge in [-0.2, -0.15) is 0 Å². The van der Waals surface area contributed by atoms with E-state index in [0.29, 0.717) is 5.92 Å². The molecule has 0 radical (unpaired) electrons. The Hall–Kier alpha value is -1.84. The van der Waals surface area contributed by atoms with Crippen molar-refractivity contribution >= 4 is 15.9 Å². The Kier molecular flexibility index (Phi) is 6.92. The fourth-order valence-corrected chi connectivity index (χ4v) is 3.80. The average Bonchev–Trinajstić information content (AvgIpc) is 3.03. The molecule has 2 nitrogen and oxygen atoms in total. The molecule has 0 spiro atoms. The molecule has 3 aromatic rings. The van der Waals surface area contributed by atoms with E-state index in [1.165, 1.54) is 22.4 Å². The first-order valence-corrected chi connectivity index (χ1v) is 10.5. The van der Waals surface area contributed by atoms with E-state index in [2.05, 4.69) is 113 Å². The minimum Gasteiger partial charge on any atom is -0.346 e. The molecule has 0 atom stereocenters. The predicted molar refractivity (Wildman–Crippen MR) is 118 cm³/mol. The van der Waals surface area contributed by atoms with Gasteiger partial charge in [-0.1, -0.05) is 71.7 Å². The van der Waals surface area contributed by atoms with Gasteiger partial charge in [-0.3, -0.25) is 4.90 Å². The lowest BCUT2D eigenvalue weighted by Gasteiger charge is -2.25. The van der Waals surface area contributed by atoms with Gasteiger partial charge in [0, 0.05) is 42.5 Å². The molecule has 0 saturated carbocycles. The second-order valence-electron chi connectivity index (χ2n) is 7.81. The van der Waals surface area contributed by atoms with Gasteiger partial charge in [0.25, 0.3) is 0 Å². The van der Waals surface area contributed by atoms with Gasteiger partial charge in [-0.05, 0) is 48.2 Å². The van der Waals surface area contributed by atoms with Crippen molar-refractivity contribution < 1.29 is 0 Å². The van der Waals surface area contributed by atoms with Crippen molar-refractivity contribution in [2.24, 2.45) is 5.92 Å². The van der Waals surface area contributed by atoms with Gasteiger partial charge in [-0.15, -0.1) is 0 Å². The molecule has 27 heavy (non-hydrogen) atoms. The number of halogens is 1. The maximum atomic E-state index is 3.53. The monoisotopic (exact) mass is 424 g/mol. The maximum Gasteiger partial charge on any atom is 0.0473 e. The van der Waals surface area contributed by atoms with E-state index in [1.54, 1.807) is 0 Å². The fraction of sp³-hybridized carbons (Fsp3) is 0.333. The summed E-state index contributed by atoms with van der Waals surface area (Å²) in [6, 6.07) is 21.9. The van der Waals surface area contributed by atoms with Crippen molar-refractivity contribution in [1.82, 2.24) is 9.47 Å². The van der Waals surface area contributed by atoms with E-state index in [0.717, 1.165) is 30.7 Å². The Bertz CT molecular complexity index is 849. The summed E-state index contributed by atoms with van der Waals surface area (Å²) in [6.45, 7) is 10.7. The fourth-order valence-electron chi connectivity index (χ4n) is 3.53. The molecule has 0 N–H and O–H groups in total. The van der Waals surface area contributed by atoms with E-state index in [1.807, 2.05) is 0 Å². The second-order valence-corrected chi connectivity index (χ2v) is 8.72. The number of nitrogens with zero attached hydrogens (tertiary/aromatic N) is 2. The van der Waals surface area contributed by atoms with Crippen LogP contribution < -0.4 is 0 Å². The zero-order valence-corrected chi connectivity index (χ0v) is 18.1. The Balaban J connectivity index is 1.73. The summed E-state index contributed by atoms with van der Waals surface area (Å²) in [5, 5.41) is 0. The molecule has 0 aliphatic rings. The highest BCUT2D eigenvalue weighted by atomic mass is 79.9. The number of benzene rings is 2. The first-order chi connectivity index (χ1) is 13.0. The van der Waals surface area contributed by atoms with Crippen LogP contribution in [0.3, 0.4) is 0 Å². The van der Waals surface area contributed by atoms with Crippen LogP contribution in [0.4, 0.5) is 0 Å². The largest absolute Gasteiger partial charge is 0.346 e. The topological polar surface area (TPSA) is 8.17 Å². The molecule has 0 bridgehead atoms. The summed E-state index contributed by atoms with van der Waals surface area (Å²) in [6.07, 6.45) is 2.20. The number of aryl methyl sites for hydroxylation is 1. The van der Waals surface area contributed by atoms with Gasteiger partial charge in [0.05, 0.1) is 0 Å². The molecule has 0 amide bonds. The molecule has 3 heteroatoms. The third-order valence-corrected chi connectivity index (χ3v) is 5.22. The van der Waals surface area contributed by atoms with E-state index in [4.69, 9.17) is 0 Å². The quantitative estimate of drug-likeness (QED) is 0.413. The molecule has 1 heterocycles. The van der Waals surface area contributed by atoms with Crippen LogP contribution in [0, 0.1) is 12.8 Å². The summed E-state index contributed by atoms with van der Waals surface area (Å²) in [7, 11) is 0. The van der Waals surface area contributed by atoms with Crippen LogP contribution >= 0.6 is 15.9 Å². The maximum absolute atomic E-state index is 3.53. The molecule has 0 aliphatic heterocycles. The molecule has 0 fully saturated rings. The highest BCUT2D eigenvalue weighted by Crippen LogP contribution is 2.17. The van der Waals surface area contributed by atoms with Crippen molar-refractivity contribution in [1.29, 1.82) is 0 Å². The van der Waals surface area contributed by atoms with Crippen molar-refractivity contribution in [3.8, 4) is 0 Å². The van der Waals surface area contributed by atoms with Crippen LogP contribution in [0.15, 0.2) is 71.3 Å². The van der Waals surface area contributed by atoms with E-state index >= 15 is 0 Å². The van der Waals surface area contributed by atoms with Gasteiger partial charge in [0.1, 0.15) is 0 Å². The van der Waals surface area contributed by atoms with Crippen LogP contribution in [0.5, 0.6) is 0 Å². The zero-order chi connectivity index (χ0) is 19.2. The number of hydrogen-bond acceptors (Lipinski definition) is 1. The van der Waals surface area contributed by atoms with Gasteiger partial charge in [0.2, 0.25) is 0 Å². The number of aromatic nitrogens is 1. The lowest BCUT2D eigenvalue weighted by molar-refractivity contribution is 0.222. The van der Waals surface area contributed by atoms with Crippen molar-refractivity contribution in [3.63, 3.8) is 0 Å². The Morgan fingerprint density at radius 1 is 0.926 bits per heavy atom. The third kappa shape index (κ3) is 6.08. The standard InChI is InChI=1S/C24H29BrN2/c1-19(2)15-26(16-21-9-11-23(25)12-10-21)18-24-8-5-13-27(24)17-22-7-4-6-20(3)14-22/h4-14,19H,15-18H2,1-3H3. The van der Waals surface area contributed by atoms with E-state index in [-0.39, 0.29) is 0 Å². The molecular formula is C24H29BrN2. The van der Waals surface area contributed by atoms with E-state index in [9.17, 15) is 0 Å². The van der Waals surface area contributed by atoms with Gasteiger partial charge >= 0.3 is 0 Å². The van der Waals surface area contributed by atoms with Crippen molar-refractivity contribution in [2.45, 2.75) is 40.4 Å². The predicted octanol–water partition coefficient (Wildman–Crippen LogP) is 6.27. The molecule has 0 unspecified atom stereocenters. The highest BCUT2D eigenvalue weighted by molar-refractivity contribution is 9.10. The van der Waals surface area contributed by atoms with Gasteiger partial charge in [-0.25, -0.2) is 0 Å². The van der Waals surface area contributed by atoms with Crippen LogP contribution in [0.2, 0.25) is 0 Å². The Morgan fingerprint density at radius 2 is 1.70 bits per heavy atom. The van der Waals surface area contributed by atoms with Crippen LogP contribution in [-0.2, 0) is 19.6 Å². The summed E-state index contributed by atoms with van der Waals surface area (Å²) in [5.74, 6) is 0.639. The van der Waals surface area contributed by atoms with Crippen LogP contribution in [-0.4, -0.2) is 16.0 Å². The molecule has 3 rings (SSSR count). The summed E-state index contributed by atoms with van der Waals surface area (Å²) < 4.78 is 3.51. The van der Waals surface area contributed by atoms with E-state index < -0.39 is 0 Å². The van der Waals surface area contributed by atoms with Gasteiger partial charge in [0.15, 0.2) is 0 Å². The summed E-state index contributed by atoms with van der Waals surface area (Å²) in [4.78, 5) is 2.55. The zero-order valence-electron chi connectivity index (χ0n) is 16.5. The molecule has 142 valence electrons. The molecule has 2 aromatic carbocycles. The normalized spacial score (nSPS) is 11.5. The van der Waals surface area contributed by atoms with Crippen molar-refractivity contribution in [2.75, 3.05) is 6.54 Å². The van der Waals surface area contributed by atoms with Crippen molar-refractivity contribution in [3.05, 3.63) is 93.7 Å². The first-order valence-electron chi connectivity index (χ1n) is 9.66. The smallest absolute Gasteiger partial charge is 0.0473 e. The molecular weight excluding hydrogens is 396 g/mol. The van der Waals surface area contributed by atoms with Crippen LogP contribution in [0.25, 0.3) is 0 Å². The lowest BCUT2D eigenvalue weighted by atomic mass is 10.1. The first kappa shape index (κ1) is 19.9. The molecule has 0 aliphatic carbocycles. The Labute approximate surface area is 172 Å². The Morgan fingerprint density at radius 3 is 2.41 bits per heavy atom.